The highest BCUT2D eigenvalue weighted by molar-refractivity contribution is 5.89. The number of benzene rings is 1. The van der Waals surface area contributed by atoms with E-state index in [4.69, 9.17) is 9.15 Å². The van der Waals surface area contributed by atoms with Crippen LogP contribution < -0.4 is 15.4 Å². The molecule has 0 saturated carbocycles. The van der Waals surface area contributed by atoms with Crippen LogP contribution in [0.5, 0.6) is 5.75 Å². The van der Waals surface area contributed by atoms with Crippen LogP contribution in [-0.2, 0) is 0 Å². The van der Waals surface area contributed by atoms with Gasteiger partial charge in [0, 0.05) is 18.3 Å². The molecule has 1 aliphatic heterocycles. The summed E-state index contributed by atoms with van der Waals surface area (Å²) in [5, 5.41) is 5.77. The molecule has 1 fully saturated rings. The predicted molar refractivity (Wildman–Crippen MR) is 92.3 cm³/mol. The Morgan fingerprint density at radius 2 is 2.12 bits per heavy atom. The van der Waals surface area contributed by atoms with Crippen LogP contribution in [0.3, 0.4) is 0 Å². The second kappa shape index (κ2) is 7.88. The third-order valence-electron chi connectivity index (χ3n) is 4.24. The van der Waals surface area contributed by atoms with Crippen LogP contribution in [0.1, 0.15) is 24.6 Å². The quantitative estimate of drug-likeness (QED) is 0.854. The number of hydrogen-bond donors (Lipinski definition) is 2. The van der Waals surface area contributed by atoms with E-state index >= 15 is 0 Å². The molecular weight excluding hydrogens is 306 g/mol. The molecule has 6 heteroatoms. The lowest BCUT2D eigenvalue weighted by Crippen LogP contribution is -2.38. The number of nitrogens with zero attached hydrogens (tertiary/aromatic N) is 1. The summed E-state index contributed by atoms with van der Waals surface area (Å²) in [6.45, 7) is 2.57. The molecule has 0 bridgehead atoms. The average Bonchev–Trinajstić information content (AvgIpc) is 3.29. The Labute approximate surface area is 141 Å². The number of hydrogen-bond acceptors (Lipinski definition) is 4. The van der Waals surface area contributed by atoms with Crippen molar-refractivity contribution >= 4 is 11.7 Å². The molecule has 24 heavy (non-hydrogen) atoms. The molecule has 2 heterocycles. The number of likely N-dealkylation sites (tertiary alicyclic amines) is 1. The zero-order chi connectivity index (χ0) is 16.8. The Kier molecular flexibility index (Phi) is 5.38. The maximum absolute atomic E-state index is 12.2. The topological polar surface area (TPSA) is 66.7 Å². The molecule has 1 aromatic carbocycles. The van der Waals surface area contributed by atoms with Crippen molar-refractivity contribution in [1.29, 1.82) is 0 Å². The summed E-state index contributed by atoms with van der Waals surface area (Å²) in [6.07, 6.45) is 4.05. The van der Waals surface area contributed by atoms with Crippen molar-refractivity contribution < 1.29 is 13.9 Å². The van der Waals surface area contributed by atoms with Crippen molar-refractivity contribution in [3.05, 3.63) is 48.4 Å². The molecule has 1 unspecified atom stereocenters. The number of furan rings is 1. The van der Waals surface area contributed by atoms with Crippen molar-refractivity contribution in [3.63, 3.8) is 0 Å². The van der Waals surface area contributed by atoms with Crippen molar-refractivity contribution in [2.75, 3.05) is 32.1 Å². The standard InChI is InChI=1S/C18H23N3O3/c1-23-15-7-4-6-14(12-15)20-18(22)19-13-16(17-8-5-11-24-17)21-9-2-3-10-21/h4-8,11-12,16H,2-3,9-10,13H2,1H3,(H2,19,20,22). The van der Waals surface area contributed by atoms with Gasteiger partial charge in [-0.05, 0) is 50.2 Å². The molecule has 1 aromatic heterocycles. The lowest BCUT2D eigenvalue weighted by molar-refractivity contribution is 0.207. The molecular formula is C18H23N3O3. The van der Waals surface area contributed by atoms with Crippen LogP contribution >= 0.6 is 0 Å². The van der Waals surface area contributed by atoms with E-state index in [1.807, 2.05) is 30.3 Å². The second-order valence-electron chi connectivity index (χ2n) is 5.84. The van der Waals surface area contributed by atoms with E-state index in [1.54, 1.807) is 19.4 Å². The summed E-state index contributed by atoms with van der Waals surface area (Å²) in [5.41, 5.74) is 0.697. The number of carbonyl (C=O) groups excluding carboxylic acids is 1. The van der Waals surface area contributed by atoms with E-state index in [1.165, 1.54) is 12.8 Å². The molecule has 0 radical (unpaired) electrons. The van der Waals surface area contributed by atoms with Gasteiger partial charge < -0.3 is 19.8 Å². The van der Waals surface area contributed by atoms with Gasteiger partial charge >= 0.3 is 6.03 Å². The number of anilines is 1. The monoisotopic (exact) mass is 329 g/mol. The fourth-order valence-electron chi connectivity index (χ4n) is 3.01. The highest BCUT2D eigenvalue weighted by Gasteiger charge is 2.25. The number of carbonyl (C=O) groups is 1. The molecule has 128 valence electrons. The third-order valence-corrected chi connectivity index (χ3v) is 4.24. The first-order chi connectivity index (χ1) is 11.8. The van der Waals surface area contributed by atoms with Crippen LogP contribution in [0.4, 0.5) is 10.5 Å². The Morgan fingerprint density at radius 1 is 1.29 bits per heavy atom. The summed E-state index contributed by atoms with van der Waals surface area (Å²) in [7, 11) is 1.60. The fourth-order valence-corrected chi connectivity index (χ4v) is 3.01. The third kappa shape index (κ3) is 4.08. The first kappa shape index (κ1) is 16.4. The number of urea groups is 1. The molecule has 1 aliphatic rings. The van der Waals surface area contributed by atoms with E-state index in [-0.39, 0.29) is 12.1 Å². The summed E-state index contributed by atoms with van der Waals surface area (Å²) >= 11 is 0. The summed E-state index contributed by atoms with van der Waals surface area (Å²) < 4.78 is 10.7. The van der Waals surface area contributed by atoms with E-state index in [2.05, 4.69) is 15.5 Å². The van der Waals surface area contributed by atoms with Crippen molar-refractivity contribution in [2.45, 2.75) is 18.9 Å². The maximum atomic E-state index is 12.2. The molecule has 3 rings (SSSR count). The van der Waals surface area contributed by atoms with Gasteiger partial charge in [0.05, 0.1) is 19.4 Å². The number of ether oxygens (including phenoxy) is 1. The predicted octanol–water partition coefficient (Wildman–Crippen LogP) is 3.25. The van der Waals surface area contributed by atoms with Crippen LogP contribution in [-0.4, -0.2) is 37.7 Å². The highest BCUT2D eigenvalue weighted by Crippen LogP contribution is 2.25. The van der Waals surface area contributed by atoms with Gasteiger partial charge in [-0.3, -0.25) is 4.90 Å². The van der Waals surface area contributed by atoms with Crippen LogP contribution in [0.15, 0.2) is 47.1 Å². The number of nitrogens with one attached hydrogen (secondary N) is 2. The zero-order valence-corrected chi connectivity index (χ0v) is 13.8. The van der Waals surface area contributed by atoms with Crippen molar-refractivity contribution in [1.82, 2.24) is 10.2 Å². The van der Waals surface area contributed by atoms with Crippen molar-refractivity contribution in [3.8, 4) is 5.75 Å². The van der Waals surface area contributed by atoms with E-state index in [0.717, 1.165) is 18.8 Å². The minimum absolute atomic E-state index is 0.0681. The summed E-state index contributed by atoms with van der Waals surface area (Å²) in [5.74, 6) is 1.59. The summed E-state index contributed by atoms with van der Waals surface area (Å²) in [4.78, 5) is 14.5. The average molecular weight is 329 g/mol. The van der Waals surface area contributed by atoms with Gasteiger partial charge in [0.1, 0.15) is 11.5 Å². The van der Waals surface area contributed by atoms with Gasteiger partial charge in [-0.1, -0.05) is 6.07 Å². The first-order valence-corrected chi connectivity index (χ1v) is 8.22. The van der Waals surface area contributed by atoms with Crippen LogP contribution in [0.25, 0.3) is 0 Å². The Balaban J connectivity index is 1.58. The molecule has 6 nitrogen and oxygen atoms in total. The van der Waals surface area contributed by atoms with Crippen LogP contribution in [0.2, 0.25) is 0 Å². The smallest absolute Gasteiger partial charge is 0.319 e. The number of methoxy groups -OCH3 is 1. The molecule has 2 aromatic rings. The summed E-state index contributed by atoms with van der Waals surface area (Å²) in [6, 6.07) is 11.0. The molecule has 0 aliphatic carbocycles. The zero-order valence-electron chi connectivity index (χ0n) is 13.8. The van der Waals surface area contributed by atoms with Gasteiger partial charge in [-0.15, -0.1) is 0 Å². The van der Waals surface area contributed by atoms with Gasteiger partial charge in [0.25, 0.3) is 0 Å². The first-order valence-electron chi connectivity index (χ1n) is 8.22. The Morgan fingerprint density at radius 3 is 2.83 bits per heavy atom. The Bertz CT molecular complexity index is 651. The second-order valence-corrected chi connectivity index (χ2v) is 5.84. The largest absolute Gasteiger partial charge is 0.497 e. The highest BCUT2D eigenvalue weighted by atomic mass is 16.5. The fraction of sp³-hybridized carbons (Fsp3) is 0.389. The number of amides is 2. The molecule has 1 atom stereocenters. The lowest BCUT2D eigenvalue weighted by Gasteiger charge is -2.26. The molecule has 2 amide bonds. The lowest BCUT2D eigenvalue weighted by atomic mass is 10.2. The SMILES string of the molecule is COc1cccc(NC(=O)NCC(c2ccco2)N2CCCC2)c1. The minimum Gasteiger partial charge on any atom is -0.497 e. The number of rotatable bonds is 6. The Hall–Kier alpha value is -2.47. The molecule has 0 spiro atoms. The van der Waals surface area contributed by atoms with Gasteiger partial charge in [0.2, 0.25) is 0 Å². The van der Waals surface area contributed by atoms with Crippen molar-refractivity contribution in [2.24, 2.45) is 0 Å². The van der Waals surface area contributed by atoms with Crippen LogP contribution in [0, 0.1) is 0 Å². The normalized spacial score (nSPS) is 15.9. The van der Waals surface area contributed by atoms with Gasteiger partial charge in [-0.2, -0.15) is 0 Å². The minimum atomic E-state index is -0.237. The van der Waals surface area contributed by atoms with Gasteiger partial charge in [0.15, 0.2) is 0 Å². The molecule has 1 saturated heterocycles. The van der Waals surface area contributed by atoms with E-state index < -0.39 is 0 Å². The maximum Gasteiger partial charge on any atom is 0.319 e. The van der Waals surface area contributed by atoms with E-state index in [9.17, 15) is 4.79 Å². The molecule has 2 N–H and O–H groups in total. The van der Waals surface area contributed by atoms with Gasteiger partial charge in [-0.25, -0.2) is 4.79 Å². The van der Waals surface area contributed by atoms with E-state index in [0.29, 0.717) is 18.0 Å².